The summed E-state index contributed by atoms with van der Waals surface area (Å²) in [5, 5.41) is 13.2. The molecule has 0 saturated heterocycles. The molecule has 0 spiro atoms. The molecule has 0 saturated carbocycles. The van der Waals surface area contributed by atoms with Gasteiger partial charge in [0.15, 0.2) is 0 Å². The number of pyridine rings is 2. The number of aromatic nitrogens is 2. The molecule has 0 atom stereocenters. The Kier molecular flexibility index (Phi) is 14.7. The van der Waals surface area contributed by atoms with Crippen molar-refractivity contribution in [3.05, 3.63) is 82.8 Å². The van der Waals surface area contributed by atoms with E-state index in [9.17, 15) is 0 Å². The highest BCUT2D eigenvalue weighted by Crippen LogP contribution is 2.36. The summed E-state index contributed by atoms with van der Waals surface area (Å²) in [7, 11) is 5.69. The zero-order chi connectivity index (χ0) is 37.7. The molecule has 0 fully saturated rings. The number of anilines is 2. The van der Waals surface area contributed by atoms with Crippen molar-refractivity contribution in [2.75, 3.05) is 58.1 Å². The van der Waals surface area contributed by atoms with Crippen LogP contribution in [0, 0.1) is 0 Å². The first-order valence-electron chi connectivity index (χ1n) is 19.7. The van der Waals surface area contributed by atoms with Crippen LogP contribution in [-0.4, -0.2) is 62.3 Å². The van der Waals surface area contributed by atoms with E-state index in [4.69, 9.17) is 42.6 Å². The van der Waals surface area contributed by atoms with Crippen LogP contribution in [0.15, 0.2) is 72.8 Å². The molecular weight excluding hydrogens is 713 g/mol. The van der Waals surface area contributed by atoms with Crippen LogP contribution in [0.2, 0.25) is 10.0 Å². The van der Waals surface area contributed by atoms with Crippen LogP contribution in [-0.2, 0) is 0 Å². The van der Waals surface area contributed by atoms with Gasteiger partial charge in [-0.15, -0.1) is 0 Å². The van der Waals surface area contributed by atoms with Gasteiger partial charge in [-0.25, -0.2) is 9.97 Å². The van der Waals surface area contributed by atoms with Crippen molar-refractivity contribution in [3.63, 3.8) is 0 Å². The monoisotopic (exact) mass is 767 g/mol. The van der Waals surface area contributed by atoms with Crippen molar-refractivity contribution in [1.82, 2.24) is 14.9 Å². The third kappa shape index (κ3) is 10.6. The molecule has 0 radical (unpaired) electrons. The number of nitrogens with one attached hydrogen (secondary N) is 2. The molecule has 0 aliphatic carbocycles. The first-order chi connectivity index (χ1) is 26.4. The predicted octanol–water partition coefficient (Wildman–Crippen LogP) is 12.6. The number of nitrogens with zero attached hydrogens (tertiary/aromatic N) is 3. The fourth-order valence-electron chi connectivity index (χ4n) is 7.39. The van der Waals surface area contributed by atoms with Crippen LogP contribution in [0.4, 0.5) is 11.4 Å². The lowest BCUT2D eigenvalue weighted by atomic mass is 10.1. The lowest BCUT2D eigenvalue weighted by Gasteiger charge is -2.16. The number of hydrogen-bond acceptors (Lipinski definition) is 7. The summed E-state index contributed by atoms with van der Waals surface area (Å²) in [6.07, 6.45) is 15.1. The third-order valence-corrected chi connectivity index (χ3v) is 10.9. The van der Waals surface area contributed by atoms with Crippen LogP contribution in [0.5, 0.6) is 11.5 Å². The van der Waals surface area contributed by atoms with Gasteiger partial charge in [-0.2, -0.15) is 0 Å². The number of halogens is 2. The van der Waals surface area contributed by atoms with Gasteiger partial charge in [0, 0.05) is 44.7 Å². The van der Waals surface area contributed by atoms with Gasteiger partial charge in [0.2, 0.25) is 0 Å². The zero-order valence-corrected chi connectivity index (χ0v) is 33.7. The summed E-state index contributed by atoms with van der Waals surface area (Å²) in [6.45, 7) is 4.25. The lowest BCUT2D eigenvalue weighted by molar-refractivity contribution is 0.314. The fourth-order valence-corrected chi connectivity index (χ4v) is 7.73. The molecule has 0 bridgehead atoms. The molecule has 2 heterocycles. The number of benzene rings is 4. The molecule has 9 heteroatoms. The number of rotatable bonds is 22. The van der Waals surface area contributed by atoms with E-state index in [1.165, 1.54) is 77.3 Å². The van der Waals surface area contributed by atoms with E-state index < -0.39 is 0 Å². The minimum absolute atomic E-state index is 0.701. The average Bonchev–Trinajstić information content (AvgIpc) is 3.18. The number of unbranched alkanes of at least 4 members (excludes halogenated alkanes) is 10. The molecule has 0 unspecified atom stereocenters. The second-order valence-corrected chi connectivity index (χ2v) is 15.3. The van der Waals surface area contributed by atoms with Crippen molar-refractivity contribution in [1.29, 1.82) is 0 Å². The van der Waals surface area contributed by atoms with Crippen LogP contribution in [0.3, 0.4) is 0 Å². The van der Waals surface area contributed by atoms with E-state index in [1.807, 2.05) is 48.5 Å². The number of ether oxygens (including phenoxy) is 2. The standard InChI is InChI=1S/C45H55Cl2N5O2/c1-52(26-14-10-6-4-8-12-24-48-44-36-20-16-32(46)28-42(36)50-40-22-18-34(53-2)30-38(40)44)27-15-11-7-5-9-13-25-49-45-37-21-17-33(47)29-43(37)51-41-23-19-35(54-3)31-39(41)45/h16-23,28-31H,4-15,24-27H2,1-3H3,(H,48,50)(H,49,51). The maximum Gasteiger partial charge on any atom is 0.119 e. The van der Waals surface area contributed by atoms with E-state index >= 15 is 0 Å². The largest absolute Gasteiger partial charge is 0.497 e. The molecule has 4 aromatic carbocycles. The van der Waals surface area contributed by atoms with Gasteiger partial charge in [-0.1, -0.05) is 74.6 Å². The molecular formula is C45H55Cl2N5O2. The van der Waals surface area contributed by atoms with Gasteiger partial charge < -0.3 is 25.0 Å². The molecule has 0 aliphatic heterocycles. The van der Waals surface area contributed by atoms with E-state index in [-0.39, 0.29) is 0 Å². The summed E-state index contributed by atoms with van der Waals surface area (Å²) < 4.78 is 11.0. The van der Waals surface area contributed by atoms with Crippen LogP contribution < -0.4 is 20.1 Å². The normalized spacial score (nSPS) is 11.7. The average molecular weight is 769 g/mol. The SMILES string of the molecule is COc1ccc2nc3cc(Cl)ccc3c(NCCCCCCCCN(C)CCCCCCCCNc3c4ccc(Cl)cc4nc4ccc(OC)cc34)c2c1. The minimum Gasteiger partial charge on any atom is -0.497 e. The second kappa shape index (κ2) is 20.0. The van der Waals surface area contributed by atoms with E-state index in [1.54, 1.807) is 14.2 Å². The summed E-state index contributed by atoms with van der Waals surface area (Å²) in [4.78, 5) is 12.2. The summed E-state index contributed by atoms with van der Waals surface area (Å²) in [5.74, 6) is 1.67. The molecule has 286 valence electrons. The number of hydrogen-bond donors (Lipinski definition) is 2. The molecule has 2 aromatic heterocycles. The van der Waals surface area contributed by atoms with E-state index in [0.717, 1.165) is 92.4 Å². The van der Waals surface area contributed by atoms with Gasteiger partial charge >= 0.3 is 0 Å². The van der Waals surface area contributed by atoms with Gasteiger partial charge in [0.1, 0.15) is 11.5 Å². The lowest BCUT2D eigenvalue weighted by Crippen LogP contribution is -2.20. The fraction of sp³-hybridized carbons (Fsp3) is 0.422. The second-order valence-electron chi connectivity index (χ2n) is 14.5. The predicted molar refractivity (Wildman–Crippen MR) is 232 cm³/mol. The zero-order valence-electron chi connectivity index (χ0n) is 32.2. The summed E-state index contributed by atoms with van der Waals surface area (Å²) >= 11 is 12.6. The van der Waals surface area contributed by atoms with Crippen LogP contribution in [0.1, 0.15) is 77.0 Å². The quantitative estimate of drug-likeness (QED) is 0.0526. The van der Waals surface area contributed by atoms with Crippen molar-refractivity contribution in [3.8, 4) is 11.5 Å². The molecule has 6 rings (SSSR count). The molecule has 0 amide bonds. The van der Waals surface area contributed by atoms with Crippen molar-refractivity contribution >= 4 is 78.2 Å². The number of fused-ring (bicyclic) bond motifs is 4. The highest BCUT2D eigenvalue weighted by molar-refractivity contribution is 6.32. The van der Waals surface area contributed by atoms with E-state index in [0.29, 0.717) is 10.0 Å². The molecule has 7 nitrogen and oxygen atoms in total. The Morgan fingerprint density at radius 1 is 0.481 bits per heavy atom. The Balaban J connectivity index is 0.806. The Labute approximate surface area is 330 Å². The summed E-state index contributed by atoms with van der Waals surface area (Å²) in [6, 6.07) is 24.0. The first kappa shape index (κ1) is 39.6. The topological polar surface area (TPSA) is 71.5 Å². The van der Waals surface area contributed by atoms with Crippen molar-refractivity contribution < 1.29 is 9.47 Å². The smallest absolute Gasteiger partial charge is 0.119 e. The van der Waals surface area contributed by atoms with Crippen molar-refractivity contribution in [2.45, 2.75) is 77.0 Å². The highest BCUT2D eigenvalue weighted by atomic mass is 35.5. The van der Waals surface area contributed by atoms with Gasteiger partial charge in [-0.05, 0) is 119 Å². The Hall–Kier alpha value is -4.04. The molecule has 2 N–H and O–H groups in total. The first-order valence-corrected chi connectivity index (χ1v) is 20.5. The number of methoxy groups -OCH3 is 2. The Bertz CT molecular complexity index is 1990. The Morgan fingerprint density at radius 3 is 1.31 bits per heavy atom. The molecule has 6 aromatic rings. The minimum atomic E-state index is 0.701. The van der Waals surface area contributed by atoms with Gasteiger partial charge in [0.05, 0.1) is 47.7 Å². The molecule has 0 aliphatic rings. The van der Waals surface area contributed by atoms with Gasteiger partial charge in [-0.3, -0.25) is 0 Å². The van der Waals surface area contributed by atoms with Gasteiger partial charge in [0.25, 0.3) is 0 Å². The third-order valence-electron chi connectivity index (χ3n) is 10.4. The highest BCUT2D eigenvalue weighted by Gasteiger charge is 2.12. The van der Waals surface area contributed by atoms with Crippen LogP contribution in [0.25, 0.3) is 43.6 Å². The summed E-state index contributed by atoms with van der Waals surface area (Å²) in [5.41, 5.74) is 5.92. The van der Waals surface area contributed by atoms with Crippen LogP contribution >= 0.6 is 23.2 Å². The molecule has 54 heavy (non-hydrogen) atoms. The van der Waals surface area contributed by atoms with E-state index in [2.05, 4.69) is 46.8 Å². The maximum absolute atomic E-state index is 6.29. The van der Waals surface area contributed by atoms with Crippen molar-refractivity contribution in [2.24, 2.45) is 0 Å². The maximum atomic E-state index is 6.29. The Morgan fingerprint density at radius 2 is 0.889 bits per heavy atom.